The number of hydrogen-bond donors (Lipinski definition) is 0. The lowest BCUT2D eigenvalue weighted by Gasteiger charge is -2.13. The van der Waals surface area contributed by atoms with E-state index in [1.807, 2.05) is 33.8 Å². The van der Waals surface area contributed by atoms with E-state index >= 15 is 0 Å². The quantitative estimate of drug-likeness (QED) is 0.414. The summed E-state index contributed by atoms with van der Waals surface area (Å²) in [5, 5.41) is 0. The van der Waals surface area contributed by atoms with Crippen LogP contribution >= 0.6 is 0 Å². The van der Waals surface area contributed by atoms with Crippen molar-refractivity contribution in [2.24, 2.45) is 11.8 Å². The van der Waals surface area contributed by atoms with Gasteiger partial charge in [-0.15, -0.1) is 0 Å². The second-order valence-electron chi connectivity index (χ2n) is 6.32. The van der Waals surface area contributed by atoms with Gasteiger partial charge in [-0.05, 0) is 49.2 Å². The zero-order chi connectivity index (χ0) is 21.0. The zero-order valence-electron chi connectivity index (χ0n) is 19.7. The maximum Gasteiger partial charge on any atom is -0.0222 e. The van der Waals surface area contributed by atoms with E-state index in [0.717, 1.165) is 12.3 Å². The van der Waals surface area contributed by atoms with Gasteiger partial charge in [-0.2, -0.15) is 0 Å². The molecule has 0 saturated carbocycles. The third-order valence-electron chi connectivity index (χ3n) is 3.96. The maximum absolute atomic E-state index is 3.78. The Kier molecular flexibility index (Phi) is 24.6. The molecule has 0 aromatic carbocycles. The topological polar surface area (TPSA) is 0 Å². The predicted molar refractivity (Wildman–Crippen MR) is 126 cm³/mol. The molecule has 0 spiro atoms. The van der Waals surface area contributed by atoms with Crippen molar-refractivity contribution < 1.29 is 0 Å². The summed E-state index contributed by atoms with van der Waals surface area (Å²) in [7, 11) is 0. The Morgan fingerprint density at radius 3 is 2.04 bits per heavy atom. The molecular weight excluding hydrogens is 312 g/mol. The summed E-state index contributed by atoms with van der Waals surface area (Å²) in [6.07, 6.45) is 18.0. The molecule has 1 unspecified atom stereocenters. The van der Waals surface area contributed by atoms with Crippen LogP contribution in [0.2, 0.25) is 0 Å². The van der Waals surface area contributed by atoms with Gasteiger partial charge in [0, 0.05) is 0 Å². The van der Waals surface area contributed by atoms with Gasteiger partial charge in [0.15, 0.2) is 0 Å². The Balaban J connectivity index is -0.000000344. The van der Waals surface area contributed by atoms with Gasteiger partial charge < -0.3 is 0 Å². The molecular formula is C26H48. The lowest BCUT2D eigenvalue weighted by molar-refractivity contribution is 0.698. The molecule has 26 heavy (non-hydrogen) atoms. The average Bonchev–Trinajstić information content (AvgIpc) is 2.69. The first-order chi connectivity index (χ1) is 12.5. The van der Waals surface area contributed by atoms with Crippen LogP contribution in [0, 0.1) is 11.8 Å². The van der Waals surface area contributed by atoms with Crippen molar-refractivity contribution in [3.63, 3.8) is 0 Å². The van der Waals surface area contributed by atoms with Crippen LogP contribution in [0.15, 0.2) is 59.8 Å². The fourth-order valence-corrected chi connectivity index (χ4v) is 2.30. The van der Waals surface area contributed by atoms with Crippen molar-refractivity contribution in [1.82, 2.24) is 0 Å². The fraction of sp³-hybridized carbons (Fsp3) is 0.615. The minimum Gasteiger partial charge on any atom is -0.0988 e. The lowest BCUT2D eigenvalue weighted by atomic mass is 9.93. The van der Waals surface area contributed by atoms with Gasteiger partial charge in [-0.25, -0.2) is 0 Å². The van der Waals surface area contributed by atoms with Crippen molar-refractivity contribution in [1.29, 1.82) is 0 Å². The molecule has 1 rings (SSSR count). The van der Waals surface area contributed by atoms with Crippen molar-refractivity contribution in [3.8, 4) is 0 Å². The minimum absolute atomic E-state index is 0.698. The highest BCUT2D eigenvalue weighted by molar-refractivity contribution is 5.28. The normalized spacial score (nSPS) is 16.3. The maximum atomic E-state index is 3.78. The molecule has 0 amide bonds. The van der Waals surface area contributed by atoms with E-state index in [1.54, 1.807) is 0 Å². The van der Waals surface area contributed by atoms with Gasteiger partial charge in [0.25, 0.3) is 0 Å². The Morgan fingerprint density at radius 1 is 1.15 bits per heavy atom. The van der Waals surface area contributed by atoms with E-state index < -0.39 is 0 Å². The highest BCUT2D eigenvalue weighted by Gasteiger charge is 2.05. The summed E-state index contributed by atoms with van der Waals surface area (Å²) >= 11 is 0. The standard InChI is InChI=1S/C12H20.C10H16.2C2H6/c1-5-9-12(8-4)10-11(6-2)7-3;1-8(2)10-6-4-9(3)5-7-10;2*1-2/h6,8,10H,2,5,7,9H2,1,3-4H3;4,6-9H,5H2,1-3H3;2*1-2H3/b11-10+,12-8-;;;. The zero-order valence-corrected chi connectivity index (χ0v) is 19.7. The molecule has 1 aliphatic rings. The monoisotopic (exact) mass is 360 g/mol. The molecule has 0 saturated heterocycles. The van der Waals surface area contributed by atoms with Crippen LogP contribution in [0.25, 0.3) is 0 Å². The van der Waals surface area contributed by atoms with E-state index in [2.05, 4.69) is 78.5 Å². The largest absolute Gasteiger partial charge is 0.0988 e. The molecule has 0 bridgehead atoms. The molecule has 0 aromatic rings. The number of hydrogen-bond acceptors (Lipinski definition) is 0. The van der Waals surface area contributed by atoms with E-state index in [-0.39, 0.29) is 0 Å². The summed E-state index contributed by atoms with van der Waals surface area (Å²) in [4.78, 5) is 0. The fourth-order valence-electron chi connectivity index (χ4n) is 2.30. The second-order valence-corrected chi connectivity index (χ2v) is 6.32. The first-order valence-corrected chi connectivity index (χ1v) is 10.8. The molecule has 0 radical (unpaired) electrons. The van der Waals surface area contributed by atoms with Crippen LogP contribution in [0.3, 0.4) is 0 Å². The van der Waals surface area contributed by atoms with Gasteiger partial charge >= 0.3 is 0 Å². The van der Waals surface area contributed by atoms with Crippen LogP contribution in [-0.2, 0) is 0 Å². The molecule has 0 aromatic heterocycles. The van der Waals surface area contributed by atoms with Gasteiger partial charge in [0.05, 0.1) is 0 Å². The third-order valence-corrected chi connectivity index (χ3v) is 3.96. The Hall–Kier alpha value is -1.30. The van der Waals surface area contributed by atoms with E-state index in [1.165, 1.54) is 36.0 Å². The van der Waals surface area contributed by atoms with Gasteiger partial charge in [-0.3, -0.25) is 0 Å². The van der Waals surface area contributed by atoms with Crippen LogP contribution < -0.4 is 0 Å². The lowest BCUT2D eigenvalue weighted by Crippen LogP contribution is -1.98. The first kappa shape index (κ1) is 29.5. The van der Waals surface area contributed by atoms with Crippen molar-refractivity contribution in [2.45, 2.75) is 94.9 Å². The van der Waals surface area contributed by atoms with Crippen molar-refractivity contribution >= 4 is 0 Å². The van der Waals surface area contributed by atoms with Crippen molar-refractivity contribution in [3.05, 3.63) is 59.8 Å². The predicted octanol–water partition coefficient (Wildman–Crippen LogP) is 9.47. The third kappa shape index (κ3) is 16.2. The molecule has 0 nitrogen and oxygen atoms in total. The average molecular weight is 361 g/mol. The Bertz CT molecular complexity index is 427. The van der Waals surface area contributed by atoms with Crippen LogP contribution in [0.1, 0.15) is 94.9 Å². The van der Waals surface area contributed by atoms with Crippen molar-refractivity contribution in [2.75, 3.05) is 0 Å². The molecule has 1 atom stereocenters. The van der Waals surface area contributed by atoms with E-state index in [0.29, 0.717) is 5.92 Å². The summed E-state index contributed by atoms with van der Waals surface area (Å²) < 4.78 is 0. The smallest absolute Gasteiger partial charge is 0.0222 e. The minimum atomic E-state index is 0.698. The summed E-state index contributed by atoms with van der Waals surface area (Å²) in [6, 6.07) is 0. The Labute approximate surface area is 166 Å². The SMILES string of the molecule is C=C/C(=C\C(=C/C)CCC)CC.CC.CC.CC1C=CC(C(C)C)=CC1. The summed E-state index contributed by atoms with van der Waals surface area (Å²) in [6.45, 7) is 25.0. The van der Waals surface area contributed by atoms with Gasteiger partial charge in [-0.1, -0.05) is 117 Å². The number of allylic oxidation sites excluding steroid dienone is 9. The van der Waals surface area contributed by atoms with Gasteiger partial charge in [0.1, 0.15) is 0 Å². The van der Waals surface area contributed by atoms with E-state index in [4.69, 9.17) is 0 Å². The van der Waals surface area contributed by atoms with Crippen LogP contribution in [-0.4, -0.2) is 0 Å². The first-order valence-electron chi connectivity index (χ1n) is 10.8. The highest BCUT2D eigenvalue weighted by atomic mass is 14.1. The molecule has 1 aliphatic carbocycles. The molecule has 0 fully saturated rings. The molecule has 152 valence electrons. The van der Waals surface area contributed by atoms with Crippen LogP contribution in [0.5, 0.6) is 0 Å². The molecule has 0 N–H and O–H groups in total. The Morgan fingerprint density at radius 2 is 1.73 bits per heavy atom. The van der Waals surface area contributed by atoms with Gasteiger partial charge in [0.2, 0.25) is 0 Å². The number of rotatable bonds is 6. The molecule has 0 heteroatoms. The highest BCUT2D eigenvalue weighted by Crippen LogP contribution is 2.20. The molecule has 0 aliphatic heterocycles. The second kappa shape index (κ2) is 21.7. The summed E-state index contributed by atoms with van der Waals surface area (Å²) in [5.41, 5.74) is 4.25. The molecule has 0 heterocycles. The van der Waals surface area contributed by atoms with Crippen LogP contribution in [0.4, 0.5) is 0 Å². The van der Waals surface area contributed by atoms with E-state index in [9.17, 15) is 0 Å². The summed E-state index contributed by atoms with van der Waals surface area (Å²) in [5.74, 6) is 1.45.